The summed E-state index contributed by atoms with van der Waals surface area (Å²) in [4.78, 5) is 0. The monoisotopic (exact) mass is 233 g/mol. The average Bonchev–Trinajstić information content (AvgIpc) is 2.01. The maximum absolute atomic E-state index is 11.8. The lowest BCUT2D eigenvalue weighted by Gasteiger charge is -2.03. The first kappa shape index (κ1) is 13.8. The molecule has 0 saturated heterocycles. The van der Waals surface area contributed by atoms with E-state index in [0.717, 1.165) is 12.1 Å². The van der Waals surface area contributed by atoms with E-state index in [4.69, 9.17) is 0 Å². The van der Waals surface area contributed by atoms with Crippen molar-refractivity contribution in [2.75, 3.05) is 0 Å². The standard InChI is InChI=1S/C7H5F3.BF4/c8-7(9,10)6-4-2-1-3-5-6;2-1(3,4)5/h1-5H;/q;-1. The highest BCUT2D eigenvalue weighted by atomic mass is 19.5. The lowest BCUT2D eigenvalue weighted by Crippen LogP contribution is -2.03. The SMILES string of the molecule is FC(F)(F)c1ccccc1.F[B-](F)(F)F. The predicted molar refractivity (Wildman–Crippen MR) is 41.6 cm³/mol. The summed E-state index contributed by atoms with van der Waals surface area (Å²) in [6, 6.07) is 6.36. The largest absolute Gasteiger partial charge is 0.673 e. The van der Waals surface area contributed by atoms with Crippen molar-refractivity contribution in [1.29, 1.82) is 0 Å². The van der Waals surface area contributed by atoms with E-state index in [2.05, 4.69) is 0 Å². The number of alkyl halides is 3. The minimum atomic E-state index is -6.00. The van der Waals surface area contributed by atoms with Gasteiger partial charge in [-0.2, -0.15) is 13.2 Å². The number of hydrogen-bond acceptors (Lipinski definition) is 0. The highest BCUT2D eigenvalue weighted by molar-refractivity contribution is 6.50. The molecule has 0 heterocycles. The van der Waals surface area contributed by atoms with Crippen LogP contribution in [0.1, 0.15) is 5.56 Å². The highest BCUT2D eigenvalue weighted by Gasteiger charge is 2.29. The van der Waals surface area contributed by atoms with Crippen LogP contribution < -0.4 is 0 Å². The van der Waals surface area contributed by atoms with E-state index in [1.807, 2.05) is 0 Å². The van der Waals surface area contributed by atoms with Crippen molar-refractivity contribution in [3.63, 3.8) is 0 Å². The number of benzene rings is 1. The van der Waals surface area contributed by atoms with Gasteiger partial charge in [-0.1, -0.05) is 30.3 Å². The second-order valence-corrected chi connectivity index (χ2v) is 2.36. The van der Waals surface area contributed by atoms with Crippen molar-refractivity contribution < 1.29 is 30.4 Å². The van der Waals surface area contributed by atoms with Crippen molar-refractivity contribution in [2.24, 2.45) is 0 Å². The van der Waals surface area contributed by atoms with Gasteiger partial charge in [-0.3, -0.25) is 0 Å². The maximum Gasteiger partial charge on any atom is 0.673 e. The second-order valence-electron chi connectivity index (χ2n) is 2.36. The normalized spacial score (nSPS) is 11.7. The Kier molecular flexibility index (Phi) is 4.63. The van der Waals surface area contributed by atoms with Gasteiger partial charge in [-0.05, 0) is 0 Å². The van der Waals surface area contributed by atoms with Crippen LogP contribution >= 0.6 is 0 Å². The molecule has 0 aliphatic carbocycles. The van der Waals surface area contributed by atoms with E-state index in [1.54, 1.807) is 6.07 Å². The van der Waals surface area contributed by atoms with Gasteiger partial charge in [0.05, 0.1) is 5.56 Å². The zero-order valence-corrected chi connectivity index (χ0v) is 7.11. The summed E-state index contributed by atoms with van der Waals surface area (Å²) in [5.74, 6) is 0. The minimum Gasteiger partial charge on any atom is -0.418 e. The van der Waals surface area contributed by atoms with Crippen LogP contribution in [-0.4, -0.2) is 7.25 Å². The summed E-state index contributed by atoms with van der Waals surface area (Å²) in [5, 5.41) is 0. The first-order valence-electron chi connectivity index (χ1n) is 3.60. The van der Waals surface area contributed by atoms with E-state index in [-0.39, 0.29) is 0 Å². The van der Waals surface area contributed by atoms with E-state index in [1.165, 1.54) is 12.1 Å². The van der Waals surface area contributed by atoms with Gasteiger partial charge < -0.3 is 17.3 Å². The van der Waals surface area contributed by atoms with Gasteiger partial charge in [0, 0.05) is 0 Å². The topological polar surface area (TPSA) is 0 Å². The molecule has 86 valence electrons. The number of halogens is 7. The summed E-state index contributed by atoms with van der Waals surface area (Å²) in [5.41, 5.74) is -0.602. The van der Waals surface area contributed by atoms with E-state index >= 15 is 0 Å². The fourth-order valence-electron chi connectivity index (χ4n) is 0.627. The third-order valence-corrected chi connectivity index (χ3v) is 1.10. The van der Waals surface area contributed by atoms with E-state index < -0.39 is 19.0 Å². The number of rotatable bonds is 0. The Hall–Kier alpha value is -1.21. The number of hydrogen-bond donors (Lipinski definition) is 0. The Morgan fingerprint density at radius 1 is 0.800 bits per heavy atom. The molecule has 0 aromatic heterocycles. The summed E-state index contributed by atoms with van der Waals surface area (Å²) < 4.78 is 74.4. The van der Waals surface area contributed by atoms with Crippen LogP contribution in [0.25, 0.3) is 0 Å². The Morgan fingerprint density at radius 2 is 1.13 bits per heavy atom. The molecular formula is C7H5BF7-. The van der Waals surface area contributed by atoms with Crippen molar-refractivity contribution in [3.8, 4) is 0 Å². The first-order valence-corrected chi connectivity index (χ1v) is 3.60. The van der Waals surface area contributed by atoms with Gasteiger partial charge in [0.25, 0.3) is 0 Å². The van der Waals surface area contributed by atoms with Crippen molar-refractivity contribution in [3.05, 3.63) is 35.9 Å². The maximum atomic E-state index is 11.8. The molecule has 0 spiro atoms. The molecule has 0 fully saturated rings. The summed E-state index contributed by atoms with van der Waals surface area (Å²) in [6.45, 7) is 0. The van der Waals surface area contributed by atoms with E-state index in [9.17, 15) is 30.4 Å². The summed E-state index contributed by atoms with van der Waals surface area (Å²) in [7, 11) is -6.00. The zero-order chi connectivity index (χ0) is 12.1. The van der Waals surface area contributed by atoms with E-state index in [0.29, 0.717) is 0 Å². The smallest absolute Gasteiger partial charge is 0.418 e. The lowest BCUT2D eigenvalue weighted by molar-refractivity contribution is -0.137. The molecule has 0 amide bonds. The molecule has 0 nitrogen and oxygen atoms in total. The van der Waals surface area contributed by atoms with Crippen LogP contribution in [0.4, 0.5) is 30.4 Å². The molecule has 1 aromatic carbocycles. The molecule has 0 radical (unpaired) electrons. The van der Waals surface area contributed by atoms with Gasteiger partial charge in [0.15, 0.2) is 0 Å². The fraction of sp³-hybridized carbons (Fsp3) is 0.143. The molecule has 0 atom stereocenters. The van der Waals surface area contributed by atoms with Crippen LogP contribution in [0, 0.1) is 0 Å². The average molecular weight is 233 g/mol. The third-order valence-electron chi connectivity index (χ3n) is 1.10. The fourth-order valence-corrected chi connectivity index (χ4v) is 0.627. The molecular weight excluding hydrogens is 228 g/mol. The molecule has 0 aliphatic rings. The first-order chi connectivity index (χ1) is 6.61. The quantitative estimate of drug-likeness (QED) is 0.469. The second kappa shape index (κ2) is 5.04. The zero-order valence-electron chi connectivity index (χ0n) is 7.11. The van der Waals surface area contributed by atoms with Crippen molar-refractivity contribution in [2.45, 2.75) is 6.18 Å². The van der Waals surface area contributed by atoms with Crippen LogP contribution in [0.3, 0.4) is 0 Å². The molecule has 0 unspecified atom stereocenters. The van der Waals surface area contributed by atoms with Crippen molar-refractivity contribution >= 4 is 7.25 Å². The molecule has 15 heavy (non-hydrogen) atoms. The van der Waals surface area contributed by atoms with Crippen LogP contribution in [0.2, 0.25) is 0 Å². The molecule has 1 aromatic rings. The highest BCUT2D eigenvalue weighted by Crippen LogP contribution is 2.28. The third kappa shape index (κ3) is 9.11. The van der Waals surface area contributed by atoms with Crippen LogP contribution in [-0.2, 0) is 6.18 Å². The molecule has 8 heteroatoms. The van der Waals surface area contributed by atoms with Crippen LogP contribution in [0.5, 0.6) is 0 Å². The van der Waals surface area contributed by atoms with Crippen molar-refractivity contribution in [1.82, 2.24) is 0 Å². The predicted octanol–water partition coefficient (Wildman–Crippen LogP) is 4.01. The Bertz CT molecular complexity index is 270. The molecule has 0 bridgehead atoms. The Labute approximate surface area is 80.8 Å². The minimum absolute atomic E-state index is 0.602. The molecule has 1 rings (SSSR count). The van der Waals surface area contributed by atoms with Gasteiger partial charge in [0.2, 0.25) is 0 Å². The molecule has 0 N–H and O–H groups in total. The Morgan fingerprint density at radius 3 is 1.33 bits per heavy atom. The van der Waals surface area contributed by atoms with Gasteiger partial charge in [0.1, 0.15) is 0 Å². The van der Waals surface area contributed by atoms with Gasteiger partial charge in [-0.15, -0.1) is 0 Å². The summed E-state index contributed by atoms with van der Waals surface area (Å²) in [6.07, 6.45) is -4.21. The van der Waals surface area contributed by atoms with Crippen LogP contribution in [0.15, 0.2) is 30.3 Å². The Balaban J connectivity index is 0.000000336. The molecule has 0 aliphatic heterocycles. The lowest BCUT2D eigenvalue weighted by atomic mass is 10.2. The van der Waals surface area contributed by atoms with Gasteiger partial charge in [-0.25, -0.2) is 0 Å². The van der Waals surface area contributed by atoms with Gasteiger partial charge >= 0.3 is 13.4 Å². The summed E-state index contributed by atoms with van der Waals surface area (Å²) >= 11 is 0. The molecule has 0 saturated carbocycles.